The largest absolute Gasteiger partial charge is 0.369 e. The standard InChI is InChI=1S/C13H20BrN3/c1-3-17-7-5-11(9-17)8-16-13-12(14)10(2)4-6-15-13/h4,6,11H,3,5,7-9H2,1-2H3,(H,15,16). The zero-order chi connectivity index (χ0) is 12.3. The van der Waals surface area contributed by atoms with E-state index in [4.69, 9.17) is 0 Å². The minimum atomic E-state index is 0.754. The molecule has 1 aliphatic heterocycles. The normalized spacial score (nSPS) is 20.8. The molecule has 0 aromatic carbocycles. The van der Waals surface area contributed by atoms with Crippen molar-refractivity contribution in [3.8, 4) is 0 Å². The molecule has 3 nitrogen and oxygen atoms in total. The predicted octanol–water partition coefficient (Wildman–Crippen LogP) is 2.91. The van der Waals surface area contributed by atoms with Crippen LogP contribution in [0.1, 0.15) is 18.9 Å². The number of rotatable bonds is 4. The lowest BCUT2D eigenvalue weighted by Crippen LogP contribution is -2.22. The van der Waals surface area contributed by atoms with Crippen LogP contribution in [0, 0.1) is 12.8 Å². The smallest absolute Gasteiger partial charge is 0.140 e. The molecule has 2 rings (SSSR count). The summed E-state index contributed by atoms with van der Waals surface area (Å²) in [5.74, 6) is 1.73. The van der Waals surface area contributed by atoms with Crippen molar-refractivity contribution in [2.75, 3.05) is 31.5 Å². The van der Waals surface area contributed by atoms with E-state index in [9.17, 15) is 0 Å². The average Bonchev–Trinajstić information content (AvgIpc) is 2.79. The Hall–Kier alpha value is -0.610. The molecule has 1 fully saturated rings. The molecule has 0 aliphatic carbocycles. The van der Waals surface area contributed by atoms with Gasteiger partial charge in [0.1, 0.15) is 5.82 Å². The molecule has 1 aliphatic rings. The number of likely N-dealkylation sites (tertiary alicyclic amines) is 1. The van der Waals surface area contributed by atoms with Crippen LogP contribution in [-0.2, 0) is 0 Å². The SMILES string of the molecule is CCN1CCC(CNc2nccc(C)c2Br)C1. The summed E-state index contributed by atoms with van der Waals surface area (Å²) in [7, 11) is 0. The van der Waals surface area contributed by atoms with Crippen molar-refractivity contribution in [3.05, 3.63) is 22.3 Å². The van der Waals surface area contributed by atoms with E-state index in [2.05, 4.69) is 45.0 Å². The number of anilines is 1. The number of aromatic nitrogens is 1. The fraction of sp³-hybridized carbons (Fsp3) is 0.615. The van der Waals surface area contributed by atoms with Crippen LogP contribution in [0.3, 0.4) is 0 Å². The minimum Gasteiger partial charge on any atom is -0.369 e. The lowest BCUT2D eigenvalue weighted by Gasteiger charge is -2.15. The van der Waals surface area contributed by atoms with Crippen LogP contribution in [0.2, 0.25) is 0 Å². The van der Waals surface area contributed by atoms with Gasteiger partial charge in [0.05, 0.1) is 4.47 Å². The Bertz CT molecular complexity index is 381. The van der Waals surface area contributed by atoms with Gasteiger partial charge in [0, 0.05) is 19.3 Å². The highest BCUT2D eigenvalue weighted by molar-refractivity contribution is 9.10. The first kappa shape index (κ1) is 12.8. The first-order valence-corrected chi connectivity index (χ1v) is 7.07. The van der Waals surface area contributed by atoms with E-state index in [1.807, 2.05) is 12.3 Å². The van der Waals surface area contributed by atoms with Gasteiger partial charge < -0.3 is 10.2 Å². The first-order valence-electron chi connectivity index (χ1n) is 6.28. The van der Waals surface area contributed by atoms with Gasteiger partial charge in [-0.25, -0.2) is 4.98 Å². The zero-order valence-electron chi connectivity index (χ0n) is 10.5. The van der Waals surface area contributed by atoms with E-state index >= 15 is 0 Å². The van der Waals surface area contributed by atoms with Crippen molar-refractivity contribution in [3.63, 3.8) is 0 Å². The van der Waals surface area contributed by atoms with Gasteiger partial charge in [-0.15, -0.1) is 0 Å². The van der Waals surface area contributed by atoms with E-state index < -0.39 is 0 Å². The quantitative estimate of drug-likeness (QED) is 0.926. The Morgan fingerprint density at radius 2 is 2.41 bits per heavy atom. The molecule has 1 unspecified atom stereocenters. The third-order valence-corrected chi connectivity index (χ3v) is 4.46. The van der Waals surface area contributed by atoms with Crippen molar-refractivity contribution < 1.29 is 0 Å². The van der Waals surface area contributed by atoms with Crippen molar-refractivity contribution in [2.24, 2.45) is 5.92 Å². The van der Waals surface area contributed by atoms with Crippen molar-refractivity contribution in [2.45, 2.75) is 20.3 Å². The average molecular weight is 298 g/mol. The number of hydrogen-bond donors (Lipinski definition) is 1. The van der Waals surface area contributed by atoms with Gasteiger partial charge in [-0.1, -0.05) is 6.92 Å². The Balaban J connectivity index is 1.88. The Kier molecular flexibility index (Phi) is 4.40. The Morgan fingerprint density at radius 1 is 1.59 bits per heavy atom. The predicted molar refractivity (Wildman–Crippen MR) is 75.4 cm³/mol. The molecule has 0 spiro atoms. The highest BCUT2D eigenvalue weighted by Crippen LogP contribution is 2.24. The fourth-order valence-corrected chi connectivity index (χ4v) is 2.65. The molecular weight excluding hydrogens is 278 g/mol. The van der Waals surface area contributed by atoms with Crippen LogP contribution in [0.25, 0.3) is 0 Å². The number of nitrogens with one attached hydrogen (secondary N) is 1. The number of aryl methyl sites for hydroxylation is 1. The van der Waals surface area contributed by atoms with Gasteiger partial charge in [-0.3, -0.25) is 0 Å². The van der Waals surface area contributed by atoms with E-state index in [1.54, 1.807) is 0 Å². The molecule has 94 valence electrons. The zero-order valence-corrected chi connectivity index (χ0v) is 12.1. The van der Waals surface area contributed by atoms with Crippen molar-refractivity contribution >= 4 is 21.7 Å². The van der Waals surface area contributed by atoms with Crippen LogP contribution in [0.15, 0.2) is 16.7 Å². The minimum absolute atomic E-state index is 0.754. The van der Waals surface area contributed by atoms with Gasteiger partial charge in [-0.2, -0.15) is 0 Å². The molecule has 0 radical (unpaired) electrons. The summed E-state index contributed by atoms with van der Waals surface area (Å²) in [6.07, 6.45) is 3.15. The highest BCUT2D eigenvalue weighted by atomic mass is 79.9. The summed E-state index contributed by atoms with van der Waals surface area (Å²) >= 11 is 3.58. The molecule has 0 bridgehead atoms. The van der Waals surface area contributed by atoms with Crippen LogP contribution < -0.4 is 5.32 Å². The molecule has 1 aromatic rings. The summed E-state index contributed by atoms with van der Waals surface area (Å²) in [6.45, 7) is 8.96. The van der Waals surface area contributed by atoms with Gasteiger partial charge in [-0.05, 0) is 59.9 Å². The maximum absolute atomic E-state index is 4.37. The number of nitrogens with zero attached hydrogens (tertiary/aromatic N) is 2. The van der Waals surface area contributed by atoms with Gasteiger partial charge in [0.25, 0.3) is 0 Å². The molecule has 1 saturated heterocycles. The Morgan fingerprint density at radius 3 is 3.12 bits per heavy atom. The topological polar surface area (TPSA) is 28.2 Å². The fourth-order valence-electron chi connectivity index (χ4n) is 2.27. The third-order valence-electron chi connectivity index (χ3n) is 3.46. The third kappa shape index (κ3) is 3.19. The van der Waals surface area contributed by atoms with E-state index in [-0.39, 0.29) is 0 Å². The van der Waals surface area contributed by atoms with Crippen LogP contribution >= 0.6 is 15.9 Å². The molecule has 0 saturated carbocycles. The van der Waals surface area contributed by atoms with E-state index in [1.165, 1.54) is 31.6 Å². The monoisotopic (exact) mass is 297 g/mol. The molecule has 1 aromatic heterocycles. The number of halogens is 1. The summed E-state index contributed by atoms with van der Waals surface area (Å²) in [5.41, 5.74) is 1.23. The summed E-state index contributed by atoms with van der Waals surface area (Å²) < 4.78 is 1.09. The van der Waals surface area contributed by atoms with Crippen molar-refractivity contribution in [1.29, 1.82) is 0 Å². The van der Waals surface area contributed by atoms with Crippen molar-refractivity contribution in [1.82, 2.24) is 9.88 Å². The number of hydrogen-bond acceptors (Lipinski definition) is 3. The summed E-state index contributed by atoms with van der Waals surface area (Å²) in [4.78, 5) is 6.87. The number of pyridine rings is 1. The molecular formula is C13H20BrN3. The van der Waals surface area contributed by atoms with Gasteiger partial charge in [0.15, 0.2) is 0 Å². The molecule has 1 atom stereocenters. The molecule has 17 heavy (non-hydrogen) atoms. The van der Waals surface area contributed by atoms with Gasteiger partial charge in [0.2, 0.25) is 0 Å². The highest BCUT2D eigenvalue weighted by Gasteiger charge is 2.21. The van der Waals surface area contributed by atoms with Crippen LogP contribution in [-0.4, -0.2) is 36.1 Å². The maximum Gasteiger partial charge on any atom is 0.140 e. The molecule has 4 heteroatoms. The Labute approximate surface area is 112 Å². The van der Waals surface area contributed by atoms with E-state index in [0.29, 0.717) is 0 Å². The molecule has 1 N–H and O–H groups in total. The maximum atomic E-state index is 4.37. The van der Waals surface area contributed by atoms with Crippen LogP contribution in [0.5, 0.6) is 0 Å². The second-order valence-electron chi connectivity index (χ2n) is 4.72. The summed E-state index contributed by atoms with van der Waals surface area (Å²) in [5, 5.41) is 3.46. The lowest BCUT2D eigenvalue weighted by atomic mass is 10.1. The molecule has 0 amide bonds. The lowest BCUT2D eigenvalue weighted by molar-refractivity contribution is 0.345. The van der Waals surface area contributed by atoms with Crippen LogP contribution in [0.4, 0.5) is 5.82 Å². The van der Waals surface area contributed by atoms with Gasteiger partial charge >= 0.3 is 0 Å². The second-order valence-corrected chi connectivity index (χ2v) is 5.51. The van der Waals surface area contributed by atoms with E-state index in [0.717, 1.165) is 22.8 Å². The second kappa shape index (κ2) is 5.83. The summed E-state index contributed by atoms with van der Waals surface area (Å²) in [6, 6.07) is 2.02. The first-order chi connectivity index (χ1) is 8.20. The molecule has 2 heterocycles.